The molecule has 1 heterocycles. The first-order valence-electron chi connectivity index (χ1n) is 10.6. The molecule has 0 atom stereocenters. The molecule has 0 spiro atoms. The maximum absolute atomic E-state index is 9.29. The van der Waals surface area contributed by atoms with Crippen LogP contribution in [0.3, 0.4) is 0 Å². The summed E-state index contributed by atoms with van der Waals surface area (Å²) in [6.45, 7) is 10.5. The minimum Gasteiger partial charge on any atom is -0.494 e. The van der Waals surface area contributed by atoms with Crippen LogP contribution in [0.25, 0.3) is 22.2 Å². The van der Waals surface area contributed by atoms with Crippen molar-refractivity contribution in [2.24, 2.45) is 0 Å². The molecule has 1 aromatic heterocycles. The van der Waals surface area contributed by atoms with E-state index in [-0.39, 0.29) is 0 Å². The molecule has 156 valence electrons. The molecule has 0 radical (unpaired) electrons. The normalized spacial score (nSPS) is 10.9. The number of pyridine rings is 1. The maximum atomic E-state index is 9.29. The van der Waals surface area contributed by atoms with E-state index in [1.807, 2.05) is 42.5 Å². The van der Waals surface area contributed by atoms with Gasteiger partial charge in [-0.05, 0) is 62.0 Å². The van der Waals surface area contributed by atoms with E-state index in [2.05, 4.69) is 31.7 Å². The zero-order valence-electron chi connectivity index (χ0n) is 18.0. The van der Waals surface area contributed by atoms with E-state index in [1.165, 1.54) is 0 Å². The van der Waals surface area contributed by atoms with Gasteiger partial charge in [-0.15, -0.1) is 0 Å². The Hall–Kier alpha value is -3.10. The zero-order valence-corrected chi connectivity index (χ0v) is 18.0. The molecule has 0 unspecified atom stereocenters. The molecule has 0 aliphatic rings. The van der Waals surface area contributed by atoms with Gasteiger partial charge in [0.05, 0.1) is 29.5 Å². The SMILES string of the molecule is CCCOc1ccc(-c2cc(OCCN(CC)CC)c3cc(C#N)ccc3n2)cc1. The number of likely N-dealkylation sites (N-methyl/N-ethyl adjacent to an activating group) is 1. The molecule has 0 N–H and O–H groups in total. The monoisotopic (exact) mass is 403 g/mol. The Kier molecular flexibility index (Phi) is 7.64. The Morgan fingerprint density at radius 3 is 2.37 bits per heavy atom. The van der Waals surface area contributed by atoms with E-state index in [0.29, 0.717) is 18.8 Å². The number of benzene rings is 2. The summed E-state index contributed by atoms with van der Waals surface area (Å²) in [5.74, 6) is 1.61. The van der Waals surface area contributed by atoms with E-state index >= 15 is 0 Å². The van der Waals surface area contributed by atoms with Crippen LogP contribution in [-0.2, 0) is 0 Å². The topological polar surface area (TPSA) is 58.4 Å². The Bertz CT molecular complexity index is 1010. The number of nitrogens with zero attached hydrogens (tertiary/aromatic N) is 3. The van der Waals surface area contributed by atoms with Crippen LogP contribution in [0.2, 0.25) is 0 Å². The molecule has 3 aromatic rings. The largest absolute Gasteiger partial charge is 0.494 e. The molecule has 30 heavy (non-hydrogen) atoms. The molecule has 0 saturated carbocycles. The summed E-state index contributed by atoms with van der Waals surface area (Å²) in [5.41, 5.74) is 3.25. The Labute approximate surface area is 178 Å². The fourth-order valence-corrected chi connectivity index (χ4v) is 3.30. The van der Waals surface area contributed by atoms with Gasteiger partial charge in [0.2, 0.25) is 0 Å². The van der Waals surface area contributed by atoms with Crippen LogP contribution in [0.15, 0.2) is 48.5 Å². The number of nitriles is 1. The molecule has 2 aromatic carbocycles. The third-order valence-electron chi connectivity index (χ3n) is 5.08. The molecule has 0 fully saturated rings. The molecule has 0 saturated heterocycles. The number of hydrogen-bond acceptors (Lipinski definition) is 5. The third kappa shape index (κ3) is 5.28. The van der Waals surface area contributed by atoms with Gasteiger partial charge >= 0.3 is 0 Å². The van der Waals surface area contributed by atoms with Crippen LogP contribution in [-0.4, -0.2) is 42.7 Å². The quantitative estimate of drug-likeness (QED) is 0.461. The summed E-state index contributed by atoms with van der Waals surface area (Å²) in [5, 5.41) is 10.2. The van der Waals surface area contributed by atoms with Crippen LogP contribution in [0.5, 0.6) is 11.5 Å². The number of ether oxygens (including phenoxy) is 2. The summed E-state index contributed by atoms with van der Waals surface area (Å²) >= 11 is 0. The van der Waals surface area contributed by atoms with E-state index < -0.39 is 0 Å². The highest BCUT2D eigenvalue weighted by Crippen LogP contribution is 2.31. The third-order valence-corrected chi connectivity index (χ3v) is 5.08. The predicted molar refractivity (Wildman–Crippen MR) is 121 cm³/mol. The van der Waals surface area contributed by atoms with E-state index in [9.17, 15) is 5.26 Å². The van der Waals surface area contributed by atoms with E-state index in [1.54, 1.807) is 6.07 Å². The van der Waals surface area contributed by atoms with Crippen LogP contribution in [0, 0.1) is 11.3 Å². The molecule has 0 aliphatic carbocycles. The van der Waals surface area contributed by atoms with Crippen LogP contribution in [0.4, 0.5) is 0 Å². The average Bonchev–Trinajstić information content (AvgIpc) is 2.80. The molecule has 5 nitrogen and oxygen atoms in total. The minimum atomic E-state index is 0.584. The summed E-state index contributed by atoms with van der Waals surface area (Å²) in [7, 11) is 0. The highest BCUT2D eigenvalue weighted by atomic mass is 16.5. The summed E-state index contributed by atoms with van der Waals surface area (Å²) < 4.78 is 11.9. The lowest BCUT2D eigenvalue weighted by Crippen LogP contribution is -2.27. The van der Waals surface area contributed by atoms with Gasteiger partial charge in [0, 0.05) is 23.6 Å². The average molecular weight is 404 g/mol. The fourth-order valence-electron chi connectivity index (χ4n) is 3.30. The molecule has 0 aliphatic heterocycles. The minimum absolute atomic E-state index is 0.584. The van der Waals surface area contributed by atoms with Crippen molar-refractivity contribution in [3.8, 4) is 28.8 Å². The van der Waals surface area contributed by atoms with Crippen molar-refractivity contribution >= 4 is 10.9 Å². The molecule has 0 bridgehead atoms. The second-order valence-electron chi connectivity index (χ2n) is 7.10. The van der Waals surface area contributed by atoms with Gasteiger partial charge in [-0.25, -0.2) is 4.98 Å². The lowest BCUT2D eigenvalue weighted by molar-refractivity contribution is 0.224. The van der Waals surface area contributed by atoms with Gasteiger partial charge in [0.1, 0.15) is 18.1 Å². The van der Waals surface area contributed by atoms with Crippen molar-refractivity contribution in [3.63, 3.8) is 0 Å². The number of hydrogen-bond donors (Lipinski definition) is 0. The standard InChI is InChI=1S/C25H29N3O2/c1-4-14-29-21-10-8-20(9-11-21)24-17-25(30-15-13-28(5-2)6-3)22-16-19(18-26)7-12-23(22)27-24/h7-12,16-17H,4-6,13-15H2,1-3H3. The van der Waals surface area contributed by atoms with Gasteiger partial charge in [-0.3, -0.25) is 0 Å². The second-order valence-corrected chi connectivity index (χ2v) is 7.10. The maximum Gasteiger partial charge on any atom is 0.130 e. The second kappa shape index (κ2) is 10.6. The number of aromatic nitrogens is 1. The smallest absolute Gasteiger partial charge is 0.130 e. The summed E-state index contributed by atoms with van der Waals surface area (Å²) in [6.07, 6.45) is 0.979. The van der Waals surface area contributed by atoms with Crippen LogP contribution >= 0.6 is 0 Å². The van der Waals surface area contributed by atoms with Gasteiger partial charge in [-0.2, -0.15) is 5.26 Å². The van der Waals surface area contributed by atoms with Gasteiger partial charge in [-0.1, -0.05) is 20.8 Å². The van der Waals surface area contributed by atoms with Crippen molar-refractivity contribution in [1.82, 2.24) is 9.88 Å². The van der Waals surface area contributed by atoms with Crippen molar-refractivity contribution in [2.45, 2.75) is 27.2 Å². The number of fused-ring (bicyclic) bond motifs is 1. The van der Waals surface area contributed by atoms with E-state index in [0.717, 1.165) is 59.7 Å². The van der Waals surface area contributed by atoms with Crippen molar-refractivity contribution < 1.29 is 9.47 Å². The fraction of sp³-hybridized carbons (Fsp3) is 0.360. The summed E-state index contributed by atoms with van der Waals surface area (Å²) in [4.78, 5) is 7.13. The lowest BCUT2D eigenvalue weighted by Gasteiger charge is -2.19. The van der Waals surface area contributed by atoms with Crippen molar-refractivity contribution in [3.05, 3.63) is 54.1 Å². The van der Waals surface area contributed by atoms with Crippen molar-refractivity contribution in [2.75, 3.05) is 32.8 Å². The highest BCUT2D eigenvalue weighted by Gasteiger charge is 2.11. The Balaban J connectivity index is 1.92. The van der Waals surface area contributed by atoms with Gasteiger partial charge < -0.3 is 14.4 Å². The van der Waals surface area contributed by atoms with E-state index in [4.69, 9.17) is 14.5 Å². The zero-order chi connectivity index (χ0) is 21.3. The molecule has 3 rings (SSSR count). The van der Waals surface area contributed by atoms with Crippen molar-refractivity contribution in [1.29, 1.82) is 5.26 Å². The Morgan fingerprint density at radius 1 is 0.933 bits per heavy atom. The lowest BCUT2D eigenvalue weighted by atomic mass is 10.1. The van der Waals surface area contributed by atoms with Crippen LogP contribution in [0.1, 0.15) is 32.8 Å². The Morgan fingerprint density at radius 2 is 1.70 bits per heavy atom. The first-order valence-corrected chi connectivity index (χ1v) is 10.6. The molecule has 0 amide bonds. The molecular weight excluding hydrogens is 374 g/mol. The first kappa shape index (κ1) is 21.6. The number of rotatable bonds is 10. The molecular formula is C25H29N3O2. The van der Waals surface area contributed by atoms with Crippen LogP contribution < -0.4 is 9.47 Å². The molecule has 5 heteroatoms. The van der Waals surface area contributed by atoms with Gasteiger partial charge in [0.15, 0.2) is 0 Å². The first-order chi connectivity index (χ1) is 14.7. The summed E-state index contributed by atoms with van der Waals surface area (Å²) in [6, 6.07) is 17.7. The van der Waals surface area contributed by atoms with Gasteiger partial charge in [0.25, 0.3) is 0 Å². The predicted octanol–water partition coefficient (Wildman–Crippen LogP) is 5.28. The highest BCUT2D eigenvalue weighted by molar-refractivity contribution is 5.89.